The standard InChI is InChI=1S/C24H31N3O/c28-24-14-13-23(25-24)21-11-9-20(10-12-21)6-4-5-15-26-16-18-27(19-17-26)22-7-2-1-3-8-22/h1-3,7-12,23H,4-6,13-19H2,(H,25,28). The number of unbranched alkanes of at least 4 members (excludes halogenated alkanes) is 1. The molecule has 2 fully saturated rings. The summed E-state index contributed by atoms with van der Waals surface area (Å²) in [4.78, 5) is 16.5. The van der Waals surface area contributed by atoms with Gasteiger partial charge in [0.2, 0.25) is 5.91 Å². The monoisotopic (exact) mass is 377 g/mol. The van der Waals surface area contributed by atoms with Crippen molar-refractivity contribution in [2.75, 3.05) is 37.6 Å². The van der Waals surface area contributed by atoms with E-state index < -0.39 is 0 Å². The summed E-state index contributed by atoms with van der Waals surface area (Å²) in [6.07, 6.45) is 5.22. The smallest absolute Gasteiger partial charge is 0.220 e. The molecule has 0 saturated carbocycles. The zero-order valence-electron chi connectivity index (χ0n) is 16.6. The normalized spacial score (nSPS) is 20.4. The molecule has 0 aliphatic carbocycles. The summed E-state index contributed by atoms with van der Waals surface area (Å²) in [7, 11) is 0. The second kappa shape index (κ2) is 9.24. The van der Waals surface area contributed by atoms with Crippen molar-refractivity contribution in [1.29, 1.82) is 0 Å². The highest BCUT2D eigenvalue weighted by Gasteiger charge is 2.21. The lowest BCUT2D eigenvalue weighted by molar-refractivity contribution is -0.119. The van der Waals surface area contributed by atoms with E-state index in [9.17, 15) is 4.79 Å². The van der Waals surface area contributed by atoms with Gasteiger partial charge in [-0.2, -0.15) is 0 Å². The van der Waals surface area contributed by atoms with Gasteiger partial charge in [0.05, 0.1) is 6.04 Å². The number of piperazine rings is 1. The van der Waals surface area contributed by atoms with Crippen molar-refractivity contribution < 1.29 is 4.79 Å². The summed E-state index contributed by atoms with van der Waals surface area (Å²) < 4.78 is 0. The second-order valence-electron chi connectivity index (χ2n) is 8.02. The van der Waals surface area contributed by atoms with E-state index in [-0.39, 0.29) is 11.9 Å². The molecule has 28 heavy (non-hydrogen) atoms. The third-order valence-electron chi connectivity index (χ3n) is 6.06. The van der Waals surface area contributed by atoms with Gasteiger partial charge in [0.1, 0.15) is 0 Å². The quantitative estimate of drug-likeness (QED) is 0.746. The Kier molecular flexibility index (Phi) is 6.27. The van der Waals surface area contributed by atoms with E-state index in [1.165, 1.54) is 36.2 Å². The van der Waals surface area contributed by atoms with E-state index in [1.807, 2.05) is 0 Å². The SMILES string of the molecule is O=C1CCC(c2ccc(CCCCN3CCN(c4ccccc4)CC3)cc2)N1. The Balaban J connectivity index is 1.14. The molecule has 2 aromatic rings. The minimum absolute atomic E-state index is 0.179. The van der Waals surface area contributed by atoms with Gasteiger partial charge in [0.15, 0.2) is 0 Å². The number of carbonyl (C=O) groups is 1. The van der Waals surface area contributed by atoms with Crippen LogP contribution in [0.3, 0.4) is 0 Å². The summed E-state index contributed by atoms with van der Waals surface area (Å²) in [5, 5.41) is 3.04. The zero-order valence-corrected chi connectivity index (χ0v) is 16.6. The van der Waals surface area contributed by atoms with Crippen molar-refractivity contribution in [3.63, 3.8) is 0 Å². The summed E-state index contributed by atoms with van der Waals surface area (Å²) >= 11 is 0. The molecular formula is C24H31N3O. The van der Waals surface area contributed by atoms with Crippen molar-refractivity contribution in [2.24, 2.45) is 0 Å². The fourth-order valence-electron chi connectivity index (χ4n) is 4.31. The average molecular weight is 378 g/mol. The third-order valence-corrected chi connectivity index (χ3v) is 6.06. The molecule has 4 rings (SSSR count). The van der Waals surface area contributed by atoms with E-state index in [0.717, 1.165) is 39.0 Å². The topological polar surface area (TPSA) is 35.6 Å². The molecule has 1 amide bonds. The maximum Gasteiger partial charge on any atom is 0.220 e. The van der Waals surface area contributed by atoms with Crippen LogP contribution < -0.4 is 10.2 Å². The number of carbonyl (C=O) groups excluding carboxylic acids is 1. The number of hydrogen-bond acceptors (Lipinski definition) is 3. The van der Waals surface area contributed by atoms with Crippen molar-refractivity contribution in [3.8, 4) is 0 Å². The van der Waals surface area contributed by atoms with E-state index in [1.54, 1.807) is 0 Å². The Labute approximate surface area is 168 Å². The number of rotatable bonds is 7. The summed E-state index contributed by atoms with van der Waals surface area (Å²) in [6, 6.07) is 19.8. The van der Waals surface area contributed by atoms with Crippen LogP contribution in [0.1, 0.15) is 42.9 Å². The molecule has 2 saturated heterocycles. The van der Waals surface area contributed by atoms with E-state index in [0.29, 0.717) is 6.42 Å². The van der Waals surface area contributed by atoms with Crippen LogP contribution in [-0.2, 0) is 11.2 Å². The molecule has 0 aromatic heterocycles. The average Bonchev–Trinajstić information content (AvgIpc) is 3.19. The van der Waals surface area contributed by atoms with E-state index >= 15 is 0 Å². The number of para-hydroxylation sites is 1. The molecule has 0 radical (unpaired) electrons. The van der Waals surface area contributed by atoms with Crippen LogP contribution in [-0.4, -0.2) is 43.5 Å². The van der Waals surface area contributed by atoms with Crippen LogP contribution in [0, 0.1) is 0 Å². The molecule has 148 valence electrons. The number of nitrogens with one attached hydrogen (secondary N) is 1. The minimum atomic E-state index is 0.179. The molecule has 4 nitrogen and oxygen atoms in total. The van der Waals surface area contributed by atoms with Gasteiger partial charge in [-0.25, -0.2) is 0 Å². The predicted molar refractivity (Wildman–Crippen MR) is 115 cm³/mol. The van der Waals surface area contributed by atoms with Crippen molar-refractivity contribution in [2.45, 2.75) is 38.1 Å². The van der Waals surface area contributed by atoms with Gasteiger partial charge in [-0.3, -0.25) is 9.69 Å². The zero-order chi connectivity index (χ0) is 19.2. The van der Waals surface area contributed by atoms with Crippen LogP contribution >= 0.6 is 0 Å². The van der Waals surface area contributed by atoms with E-state index in [2.05, 4.69) is 69.7 Å². The number of amides is 1. The molecule has 0 spiro atoms. The Morgan fingerprint density at radius 2 is 1.64 bits per heavy atom. The predicted octanol–water partition coefficient (Wildman–Crippen LogP) is 3.78. The van der Waals surface area contributed by atoms with E-state index in [4.69, 9.17) is 0 Å². The molecule has 1 unspecified atom stereocenters. The lowest BCUT2D eigenvalue weighted by Crippen LogP contribution is -2.46. The molecule has 2 aromatic carbocycles. The highest BCUT2D eigenvalue weighted by molar-refractivity contribution is 5.78. The highest BCUT2D eigenvalue weighted by atomic mass is 16.1. The van der Waals surface area contributed by atoms with Crippen LogP contribution in [0.25, 0.3) is 0 Å². The fraction of sp³-hybridized carbons (Fsp3) is 0.458. The highest BCUT2D eigenvalue weighted by Crippen LogP contribution is 2.24. The van der Waals surface area contributed by atoms with Gasteiger partial charge in [-0.1, -0.05) is 42.5 Å². The maximum absolute atomic E-state index is 11.4. The molecular weight excluding hydrogens is 346 g/mol. The lowest BCUT2D eigenvalue weighted by atomic mass is 10.0. The number of hydrogen-bond donors (Lipinski definition) is 1. The van der Waals surface area contributed by atoms with Gasteiger partial charge < -0.3 is 10.2 Å². The van der Waals surface area contributed by atoms with Crippen molar-refractivity contribution >= 4 is 11.6 Å². The molecule has 0 bridgehead atoms. The van der Waals surface area contributed by atoms with Crippen LogP contribution in [0.2, 0.25) is 0 Å². The lowest BCUT2D eigenvalue weighted by Gasteiger charge is -2.36. The molecule has 1 atom stereocenters. The van der Waals surface area contributed by atoms with Crippen molar-refractivity contribution in [3.05, 3.63) is 65.7 Å². The first-order valence-corrected chi connectivity index (χ1v) is 10.7. The maximum atomic E-state index is 11.4. The van der Waals surface area contributed by atoms with Gasteiger partial charge in [0, 0.05) is 38.3 Å². The molecule has 4 heteroatoms. The van der Waals surface area contributed by atoms with Crippen LogP contribution in [0.4, 0.5) is 5.69 Å². The third kappa shape index (κ3) is 4.93. The summed E-state index contributed by atoms with van der Waals surface area (Å²) in [5.41, 5.74) is 4.00. The number of aryl methyl sites for hydroxylation is 1. The summed E-state index contributed by atoms with van der Waals surface area (Å²) in [5.74, 6) is 0.179. The molecule has 2 aliphatic heterocycles. The Morgan fingerprint density at radius 1 is 0.893 bits per heavy atom. The van der Waals surface area contributed by atoms with Gasteiger partial charge in [-0.15, -0.1) is 0 Å². The fourth-order valence-corrected chi connectivity index (χ4v) is 4.31. The van der Waals surface area contributed by atoms with Gasteiger partial charge >= 0.3 is 0 Å². The van der Waals surface area contributed by atoms with Crippen LogP contribution in [0.15, 0.2) is 54.6 Å². The van der Waals surface area contributed by atoms with Crippen LogP contribution in [0.5, 0.6) is 0 Å². The van der Waals surface area contributed by atoms with Crippen molar-refractivity contribution in [1.82, 2.24) is 10.2 Å². The second-order valence-corrected chi connectivity index (χ2v) is 8.02. The molecule has 1 N–H and O–H groups in total. The van der Waals surface area contributed by atoms with Gasteiger partial charge in [-0.05, 0) is 55.5 Å². The Morgan fingerprint density at radius 3 is 2.32 bits per heavy atom. The molecule has 2 heterocycles. The largest absolute Gasteiger partial charge is 0.369 e. The number of benzene rings is 2. The Bertz CT molecular complexity index is 751. The van der Waals surface area contributed by atoms with Gasteiger partial charge in [0.25, 0.3) is 0 Å². The first kappa shape index (κ1) is 19.0. The summed E-state index contributed by atoms with van der Waals surface area (Å²) in [6.45, 7) is 5.79. The molecule has 2 aliphatic rings. The first-order chi connectivity index (χ1) is 13.8. The first-order valence-electron chi connectivity index (χ1n) is 10.7. The number of nitrogens with zero attached hydrogens (tertiary/aromatic N) is 2. The Hall–Kier alpha value is -2.33. The minimum Gasteiger partial charge on any atom is -0.369 e. The number of anilines is 1.